The van der Waals surface area contributed by atoms with E-state index in [1.54, 1.807) is 0 Å². The summed E-state index contributed by atoms with van der Waals surface area (Å²) in [4.78, 5) is 4.55. The zero-order valence-corrected chi connectivity index (χ0v) is 17.3. The van der Waals surface area contributed by atoms with Crippen LogP contribution in [0.25, 0.3) is 33.2 Å². The van der Waals surface area contributed by atoms with Gasteiger partial charge in [-0.05, 0) is 11.8 Å². The fourth-order valence-electron chi connectivity index (χ4n) is 2.83. The van der Waals surface area contributed by atoms with E-state index in [0.29, 0.717) is 0 Å². The Morgan fingerprint density at radius 2 is 1.75 bits per heavy atom. The van der Waals surface area contributed by atoms with Crippen molar-refractivity contribution in [3.63, 3.8) is 0 Å². The number of benzene rings is 2. The molecule has 0 aliphatic rings. The third-order valence-electron chi connectivity index (χ3n) is 4.22. The third-order valence-corrected chi connectivity index (χ3v) is 6.26. The van der Waals surface area contributed by atoms with Gasteiger partial charge in [0.05, 0.1) is 6.20 Å². The smallest absolute Gasteiger partial charge is 0.151 e. The molecule has 0 fully saturated rings. The summed E-state index contributed by atoms with van der Waals surface area (Å²) in [6.45, 7) is 7.04. The van der Waals surface area contributed by atoms with Gasteiger partial charge in [-0.15, -0.1) is 35.0 Å². The van der Waals surface area contributed by atoms with Crippen molar-refractivity contribution < 1.29 is 24.5 Å². The SMILES string of the molecule is C[Si](C)(C)c1c[c-]c(-c2cc3c(cn2)oc2ccccc23)cc1.[Ir]. The summed E-state index contributed by atoms with van der Waals surface area (Å²) in [6.07, 6.45) is 1.81. The monoisotopic (exact) mass is 509 g/mol. The molecule has 2 aromatic carbocycles. The summed E-state index contributed by atoms with van der Waals surface area (Å²) < 4.78 is 5.84. The van der Waals surface area contributed by atoms with Crippen molar-refractivity contribution in [2.24, 2.45) is 0 Å². The number of pyridine rings is 1. The minimum Gasteiger partial charge on any atom is -0.455 e. The van der Waals surface area contributed by atoms with Gasteiger partial charge in [0, 0.05) is 39.0 Å². The van der Waals surface area contributed by atoms with Gasteiger partial charge in [0.1, 0.15) is 5.58 Å². The molecule has 123 valence electrons. The molecule has 0 aliphatic heterocycles. The van der Waals surface area contributed by atoms with Crippen molar-refractivity contribution >= 4 is 35.2 Å². The van der Waals surface area contributed by atoms with Crippen molar-refractivity contribution in [1.29, 1.82) is 0 Å². The van der Waals surface area contributed by atoms with Crippen LogP contribution in [0.2, 0.25) is 19.6 Å². The van der Waals surface area contributed by atoms with Crippen molar-refractivity contribution in [2.75, 3.05) is 0 Å². The van der Waals surface area contributed by atoms with E-state index in [0.717, 1.165) is 33.2 Å². The van der Waals surface area contributed by atoms with Crippen LogP contribution in [0.15, 0.2) is 59.1 Å². The van der Waals surface area contributed by atoms with Crippen molar-refractivity contribution in [1.82, 2.24) is 4.98 Å². The topological polar surface area (TPSA) is 26.0 Å². The molecule has 0 unspecified atom stereocenters. The second-order valence-corrected chi connectivity index (χ2v) is 12.0. The van der Waals surface area contributed by atoms with Crippen LogP contribution in [0.1, 0.15) is 0 Å². The molecule has 0 N–H and O–H groups in total. The van der Waals surface area contributed by atoms with Crippen molar-refractivity contribution in [3.05, 3.63) is 60.8 Å². The molecule has 0 amide bonds. The average Bonchev–Trinajstić information content (AvgIpc) is 2.92. The summed E-state index contributed by atoms with van der Waals surface area (Å²) >= 11 is 0. The van der Waals surface area contributed by atoms with Crippen LogP contribution in [0.5, 0.6) is 0 Å². The molecule has 24 heavy (non-hydrogen) atoms. The molecule has 0 spiro atoms. The van der Waals surface area contributed by atoms with Gasteiger partial charge in [0.2, 0.25) is 0 Å². The van der Waals surface area contributed by atoms with E-state index in [-0.39, 0.29) is 20.1 Å². The summed E-state index contributed by atoms with van der Waals surface area (Å²) in [6, 6.07) is 20.1. The Kier molecular flexibility index (Phi) is 4.47. The Hall–Kier alpha value is -1.74. The van der Waals surface area contributed by atoms with Gasteiger partial charge in [0.25, 0.3) is 0 Å². The van der Waals surface area contributed by atoms with E-state index in [4.69, 9.17) is 4.42 Å². The second-order valence-electron chi connectivity index (χ2n) is 6.90. The normalized spacial score (nSPS) is 11.6. The number of fused-ring (bicyclic) bond motifs is 3. The molecule has 0 saturated heterocycles. The third kappa shape index (κ3) is 2.97. The Morgan fingerprint density at radius 3 is 2.46 bits per heavy atom. The number of hydrogen-bond acceptors (Lipinski definition) is 2. The number of furan rings is 1. The van der Waals surface area contributed by atoms with E-state index in [1.165, 1.54) is 5.19 Å². The van der Waals surface area contributed by atoms with Crippen LogP contribution in [0.4, 0.5) is 0 Å². The summed E-state index contributed by atoms with van der Waals surface area (Å²) in [7, 11) is -1.29. The zero-order chi connectivity index (χ0) is 16.0. The standard InChI is InChI=1S/C20H18NOSi.Ir/c1-23(2,3)15-10-8-14(9-11-15)18-12-17-16-6-4-5-7-19(16)22-20(17)13-21-18;/h4-8,10-13H,1-3H3;/q-1;. The molecule has 4 aromatic rings. The minimum atomic E-state index is -1.29. The molecule has 2 aromatic heterocycles. The van der Waals surface area contributed by atoms with Crippen LogP contribution in [0.3, 0.4) is 0 Å². The van der Waals surface area contributed by atoms with Crippen molar-refractivity contribution in [2.45, 2.75) is 19.6 Å². The Bertz CT molecular complexity index is 1000. The van der Waals surface area contributed by atoms with Gasteiger partial charge >= 0.3 is 0 Å². The number of hydrogen-bond donors (Lipinski definition) is 0. The maximum atomic E-state index is 5.84. The van der Waals surface area contributed by atoms with Gasteiger partial charge in [-0.25, -0.2) is 0 Å². The van der Waals surface area contributed by atoms with Gasteiger partial charge in [-0.3, -0.25) is 0 Å². The molecule has 0 atom stereocenters. The molecule has 4 heteroatoms. The molecule has 4 rings (SSSR count). The maximum absolute atomic E-state index is 5.84. The summed E-state index contributed by atoms with van der Waals surface area (Å²) in [5.74, 6) is 0. The first kappa shape index (κ1) is 17.1. The van der Waals surface area contributed by atoms with Crippen LogP contribution in [-0.2, 0) is 20.1 Å². The van der Waals surface area contributed by atoms with Gasteiger partial charge < -0.3 is 9.40 Å². The first-order valence-electron chi connectivity index (χ1n) is 7.82. The van der Waals surface area contributed by atoms with Crippen molar-refractivity contribution in [3.8, 4) is 11.3 Å². The number of aromatic nitrogens is 1. The number of nitrogens with zero attached hydrogens (tertiary/aromatic N) is 1. The first-order valence-corrected chi connectivity index (χ1v) is 11.3. The molecular weight excluding hydrogens is 491 g/mol. The Balaban J connectivity index is 0.00000169. The van der Waals surface area contributed by atoms with Crippen LogP contribution >= 0.6 is 0 Å². The summed E-state index contributed by atoms with van der Waals surface area (Å²) in [5, 5.41) is 3.65. The molecule has 1 radical (unpaired) electrons. The largest absolute Gasteiger partial charge is 0.455 e. The van der Waals surface area contributed by atoms with Gasteiger partial charge in [0.15, 0.2) is 5.58 Å². The minimum absolute atomic E-state index is 0. The molecule has 2 nitrogen and oxygen atoms in total. The summed E-state index contributed by atoms with van der Waals surface area (Å²) in [5.41, 5.74) is 3.69. The van der Waals surface area contributed by atoms with Crippen LogP contribution < -0.4 is 5.19 Å². The fraction of sp³-hybridized carbons (Fsp3) is 0.150. The zero-order valence-electron chi connectivity index (χ0n) is 13.9. The van der Waals surface area contributed by atoms with E-state index in [1.807, 2.05) is 24.4 Å². The molecular formula is C20H18IrNOSi-. The van der Waals surface area contributed by atoms with Crippen LogP contribution in [-0.4, -0.2) is 13.1 Å². The first-order chi connectivity index (χ1) is 11.0. The quantitative estimate of drug-likeness (QED) is 0.282. The second kappa shape index (κ2) is 6.28. The fourth-order valence-corrected chi connectivity index (χ4v) is 3.92. The Morgan fingerprint density at radius 1 is 0.958 bits per heavy atom. The maximum Gasteiger partial charge on any atom is 0.151 e. The molecule has 2 heterocycles. The molecule has 0 bridgehead atoms. The molecule has 0 aliphatic carbocycles. The predicted octanol–water partition coefficient (Wildman–Crippen LogP) is 4.99. The number of rotatable bonds is 2. The number of para-hydroxylation sites is 1. The van der Waals surface area contributed by atoms with E-state index < -0.39 is 8.07 Å². The average molecular weight is 509 g/mol. The van der Waals surface area contributed by atoms with E-state index >= 15 is 0 Å². The molecule has 0 saturated carbocycles. The Labute approximate surface area is 156 Å². The van der Waals surface area contributed by atoms with Gasteiger partial charge in [-0.2, -0.15) is 0 Å². The predicted molar refractivity (Wildman–Crippen MR) is 98.8 cm³/mol. The van der Waals surface area contributed by atoms with E-state index in [9.17, 15) is 0 Å². The van der Waals surface area contributed by atoms with Crippen LogP contribution in [0, 0.1) is 6.07 Å². The van der Waals surface area contributed by atoms with E-state index in [2.05, 4.69) is 61.0 Å². The van der Waals surface area contributed by atoms with Gasteiger partial charge in [-0.1, -0.05) is 43.9 Å².